The molecule has 2 atom stereocenters. The van der Waals surface area contributed by atoms with E-state index < -0.39 is 7.82 Å². The minimum Gasteiger partial charge on any atom is -0.302 e. The topological polar surface area (TPSA) is 55.8 Å². The van der Waals surface area contributed by atoms with E-state index in [0.29, 0.717) is 6.42 Å². The summed E-state index contributed by atoms with van der Waals surface area (Å²) < 4.78 is 20.8. The van der Waals surface area contributed by atoms with E-state index in [1.165, 1.54) is 0 Å². The van der Waals surface area contributed by atoms with Gasteiger partial charge < -0.3 is 4.89 Å². The van der Waals surface area contributed by atoms with Crippen LogP contribution in [0.25, 0.3) is 0 Å². The second-order valence-electron chi connectivity index (χ2n) is 3.48. The van der Waals surface area contributed by atoms with E-state index in [-0.39, 0.29) is 18.6 Å². The molecule has 0 aliphatic heterocycles. The third kappa shape index (κ3) is 7.20. The summed E-state index contributed by atoms with van der Waals surface area (Å²) in [5, 5.41) is 0. The highest BCUT2D eigenvalue weighted by Gasteiger charge is 2.23. The Balaban J connectivity index is 3.87. The van der Waals surface area contributed by atoms with E-state index in [1.54, 1.807) is 6.92 Å². The molecule has 0 aromatic rings. The first-order chi connectivity index (χ1) is 5.87. The highest BCUT2D eigenvalue weighted by Crippen LogP contribution is 2.45. The van der Waals surface area contributed by atoms with Gasteiger partial charge in [-0.15, -0.1) is 0 Å². The lowest BCUT2D eigenvalue weighted by atomic mass is 10.2. The molecule has 0 saturated carbocycles. The van der Waals surface area contributed by atoms with Crippen LogP contribution in [0.5, 0.6) is 0 Å². The van der Waals surface area contributed by atoms with E-state index in [9.17, 15) is 9.46 Å². The SMILES string of the molecule is CCC(C)OP(=O)(O)OCC(C)C. The monoisotopic (exact) mass is 210 g/mol. The molecule has 0 spiro atoms. The summed E-state index contributed by atoms with van der Waals surface area (Å²) in [6.45, 7) is 7.67. The zero-order valence-electron chi connectivity index (χ0n) is 8.69. The van der Waals surface area contributed by atoms with Crippen molar-refractivity contribution in [2.75, 3.05) is 6.61 Å². The summed E-state index contributed by atoms with van der Waals surface area (Å²) in [6, 6.07) is 0. The first-order valence-corrected chi connectivity index (χ1v) is 6.02. The standard InChI is InChI=1S/C8H19O4P/c1-5-8(4)12-13(9,10)11-6-7(2)3/h7-8H,5-6H2,1-4H3,(H,9,10). The van der Waals surface area contributed by atoms with Crippen molar-refractivity contribution in [1.29, 1.82) is 0 Å². The predicted molar refractivity (Wildman–Crippen MR) is 51.5 cm³/mol. The molecule has 2 unspecified atom stereocenters. The normalized spacial score (nSPS) is 18.6. The van der Waals surface area contributed by atoms with Gasteiger partial charge in [-0.2, -0.15) is 0 Å². The fourth-order valence-corrected chi connectivity index (χ4v) is 1.73. The van der Waals surface area contributed by atoms with Gasteiger partial charge in [-0.3, -0.25) is 9.05 Å². The zero-order valence-corrected chi connectivity index (χ0v) is 9.58. The Bertz CT molecular complexity index is 181. The molecule has 0 radical (unpaired) electrons. The van der Waals surface area contributed by atoms with E-state index in [2.05, 4.69) is 0 Å². The van der Waals surface area contributed by atoms with Gasteiger partial charge in [0.05, 0.1) is 12.7 Å². The predicted octanol–water partition coefficient (Wildman–Crippen LogP) is 2.57. The van der Waals surface area contributed by atoms with Crippen LogP contribution >= 0.6 is 7.82 Å². The number of hydrogen-bond acceptors (Lipinski definition) is 3. The van der Waals surface area contributed by atoms with Crippen molar-refractivity contribution in [3.63, 3.8) is 0 Å². The zero-order chi connectivity index (χ0) is 10.5. The van der Waals surface area contributed by atoms with E-state index in [1.807, 2.05) is 20.8 Å². The molecule has 0 aliphatic rings. The van der Waals surface area contributed by atoms with Crippen LogP contribution in [0.2, 0.25) is 0 Å². The molecular formula is C8H19O4P. The van der Waals surface area contributed by atoms with Crippen molar-refractivity contribution in [2.45, 2.75) is 40.2 Å². The van der Waals surface area contributed by atoms with Crippen LogP contribution < -0.4 is 0 Å². The Kier molecular flexibility index (Phi) is 5.81. The lowest BCUT2D eigenvalue weighted by molar-refractivity contribution is 0.103. The first kappa shape index (κ1) is 13.1. The van der Waals surface area contributed by atoms with Gasteiger partial charge in [0.1, 0.15) is 0 Å². The third-order valence-corrected chi connectivity index (χ3v) is 2.56. The maximum absolute atomic E-state index is 11.2. The van der Waals surface area contributed by atoms with Gasteiger partial charge in [0.15, 0.2) is 0 Å². The molecule has 5 heteroatoms. The lowest BCUT2D eigenvalue weighted by Crippen LogP contribution is -2.08. The average molecular weight is 210 g/mol. The van der Waals surface area contributed by atoms with Crippen molar-refractivity contribution >= 4 is 7.82 Å². The van der Waals surface area contributed by atoms with Crippen LogP contribution in [0.1, 0.15) is 34.1 Å². The minimum atomic E-state index is -3.82. The molecule has 0 bridgehead atoms. The highest BCUT2D eigenvalue weighted by molar-refractivity contribution is 7.47. The van der Waals surface area contributed by atoms with Gasteiger partial charge in [-0.1, -0.05) is 20.8 Å². The fraction of sp³-hybridized carbons (Fsp3) is 1.00. The van der Waals surface area contributed by atoms with Crippen molar-refractivity contribution in [3.05, 3.63) is 0 Å². The molecule has 0 amide bonds. The van der Waals surface area contributed by atoms with Gasteiger partial charge in [0.25, 0.3) is 0 Å². The Labute approximate surface area is 79.9 Å². The van der Waals surface area contributed by atoms with Crippen LogP contribution in [-0.4, -0.2) is 17.6 Å². The van der Waals surface area contributed by atoms with Gasteiger partial charge in [-0.25, -0.2) is 4.57 Å². The Morgan fingerprint density at radius 2 is 1.92 bits per heavy atom. The van der Waals surface area contributed by atoms with Crippen LogP contribution in [0.3, 0.4) is 0 Å². The lowest BCUT2D eigenvalue weighted by Gasteiger charge is -2.16. The van der Waals surface area contributed by atoms with Crippen LogP contribution in [0, 0.1) is 5.92 Å². The Hall–Kier alpha value is 0.110. The number of phosphoric acid groups is 1. The molecule has 0 fully saturated rings. The molecule has 0 aliphatic carbocycles. The maximum Gasteiger partial charge on any atom is 0.472 e. The molecule has 0 rings (SSSR count). The molecular weight excluding hydrogens is 191 g/mol. The van der Waals surface area contributed by atoms with E-state index >= 15 is 0 Å². The summed E-state index contributed by atoms with van der Waals surface area (Å²) in [4.78, 5) is 9.18. The molecule has 1 N–H and O–H groups in total. The van der Waals surface area contributed by atoms with Crippen molar-refractivity contribution < 1.29 is 18.5 Å². The molecule has 13 heavy (non-hydrogen) atoms. The van der Waals surface area contributed by atoms with Gasteiger partial charge >= 0.3 is 7.82 Å². The summed E-state index contributed by atoms with van der Waals surface area (Å²) >= 11 is 0. The fourth-order valence-electron chi connectivity index (χ4n) is 0.576. The van der Waals surface area contributed by atoms with Crippen molar-refractivity contribution in [3.8, 4) is 0 Å². The smallest absolute Gasteiger partial charge is 0.302 e. The molecule has 0 saturated heterocycles. The highest BCUT2D eigenvalue weighted by atomic mass is 31.2. The Morgan fingerprint density at radius 3 is 2.31 bits per heavy atom. The van der Waals surface area contributed by atoms with Crippen LogP contribution in [0.15, 0.2) is 0 Å². The molecule has 0 heterocycles. The number of phosphoric ester groups is 1. The van der Waals surface area contributed by atoms with Crippen LogP contribution in [0.4, 0.5) is 0 Å². The second kappa shape index (κ2) is 5.76. The largest absolute Gasteiger partial charge is 0.472 e. The quantitative estimate of drug-likeness (QED) is 0.684. The minimum absolute atomic E-state index is 0.223. The average Bonchev–Trinajstić information content (AvgIpc) is 2.00. The number of hydrogen-bond donors (Lipinski definition) is 1. The van der Waals surface area contributed by atoms with Crippen molar-refractivity contribution in [2.24, 2.45) is 5.92 Å². The van der Waals surface area contributed by atoms with Crippen molar-refractivity contribution in [1.82, 2.24) is 0 Å². The molecule has 0 aromatic heterocycles. The van der Waals surface area contributed by atoms with Gasteiger partial charge in [0, 0.05) is 0 Å². The molecule has 0 aromatic carbocycles. The van der Waals surface area contributed by atoms with Crippen LogP contribution in [-0.2, 0) is 13.6 Å². The third-order valence-electron chi connectivity index (χ3n) is 1.46. The summed E-state index contributed by atoms with van der Waals surface area (Å²) in [5.74, 6) is 0.223. The first-order valence-electron chi connectivity index (χ1n) is 4.53. The summed E-state index contributed by atoms with van der Waals surface area (Å²) in [6.07, 6.45) is 0.443. The maximum atomic E-state index is 11.2. The Morgan fingerprint density at radius 1 is 1.38 bits per heavy atom. The van der Waals surface area contributed by atoms with E-state index in [0.717, 1.165) is 0 Å². The van der Waals surface area contributed by atoms with E-state index in [4.69, 9.17) is 9.05 Å². The second-order valence-corrected chi connectivity index (χ2v) is 4.89. The van der Waals surface area contributed by atoms with Gasteiger partial charge in [-0.05, 0) is 19.3 Å². The molecule has 80 valence electrons. The van der Waals surface area contributed by atoms with Gasteiger partial charge in [0.2, 0.25) is 0 Å². The molecule has 4 nitrogen and oxygen atoms in total. The number of rotatable bonds is 6. The summed E-state index contributed by atoms with van der Waals surface area (Å²) in [7, 11) is -3.82. The summed E-state index contributed by atoms with van der Waals surface area (Å²) in [5.41, 5.74) is 0.